The van der Waals surface area contributed by atoms with Crippen LogP contribution in [0.3, 0.4) is 0 Å². The molecule has 0 saturated heterocycles. The van der Waals surface area contributed by atoms with E-state index < -0.39 is 0 Å². The number of nitrogens with zero attached hydrogens (tertiary/aromatic N) is 4. The van der Waals surface area contributed by atoms with Crippen molar-refractivity contribution in [2.45, 2.75) is 31.7 Å². The van der Waals surface area contributed by atoms with Gasteiger partial charge in [-0.25, -0.2) is 9.97 Å². The van der Waals surface area contributed by atoms with E-state index in [0.29, 0.717) is 11.4 Å². The number of nitrogen functional groups attached to an aromatic ring is 1. The molecule has 0 aromatic carbocycles. The first kappa shape index (κ1) is 13.1. The Morgan fingerprint density at radius 3 is 2.44 bits per heavy atom. The first-order valence-corrected chi connectivity index (χ1v) is 6.42. The van der Waals surface area contributed by atoms with Gasteiger partial charge in [-0.3, -0.25) is 0 Å². The van der Waals surface area contributed by atoms with E-state index in [1.165, 1.54) is 25.6 Å². The predicted molar refractivity (Wildman–Crippen MR) is 74.7 cm³/mol. The average molecular weight is 249 g/mol. The maximum atomic E-state index is 5.84. The molecular formula is C13H23N5. The van der Waals surface area contributed by atoms with Crippen molar-refractivity contribution in [1.29, 1.82) is 0 Å². The Kier molecular flexibility index (Phi) is 3.43. The number of nitrogens with two attached hydrogens (primary N) is 1. The maximum Gasteiger partial charge on any atom is 0.136 e. The molecule has 5 nitrogen and oxygen atoms in total. The number of hydrogen-bond donors (Lipinski definition) is 1. The summed E-state index contributed by atoms with van der Waals surface area (Å²) in [6.45, 7) is 2.96. The number of hydrogen-bond acceptors (Lipinski definition) is 5. The Morgan fingerprint density at radius 2 is 1.94 bits per heavy atom. The second-order valence-electron chi connectivity index (χ2n) is 5.54. The molecule has 1 aromatic heterocycles. The number of aromatic nitrogens is 2. The van der Waals surface area contributed by atoms with E-state index in [-0.39, 0.29) is 0 Å². The van der Waals surface area contributed by atoms with E-state index in [1.54, 1.807) is 0 Å². The maximum absolute atomic E-state index is 5.84. The predicted octanol–water partition coefficient (Wildman–Crippen LogP) is 1.29. The van der Waals surface area contributed by atoms with E-state index in [9.17, 15) is 0 Å². The van der Waals surface area contributed by atoms with Crippen LogP contribution in [0.15, 0.2) is 6.33 Å². The standard InChI is InChI=1S/C13H23N5/c1-10-11(14)15-9-16-12(10)18(4)8-13(17(2)3)6-5-7-13/h9H,5-8H2,1-4H3,(H2,14,15,16). The molecule has 0 radical (unpaired) electrons. The summed E-state index contributed by atoms with van der Waals surface area (Å²) in [5, 5.41) is 0. The molecule has 1 aliphatic rings. The van der Waals surface area contributed by atoms with Crippen LogP contribution in [0.25, 0.3) is 0 Å². The van der Waals surface area contributed by atoms with Gasteiger partial charge in [0.2, 0.25) is 0 Å². The summed E-state index contributed by atoms with van der Waals surface area (Å²) in [6.07, 6.45) is 5.36. The molecule has 1 fully saturated rings. The van der Waals surface area contributed by atoms with Crippen LogP contribution in [-0.2, 0) is 0 Å². The normalized spacial score (nSPS) is 17.6. The zero-order chi connectivity index (χ0) is 13.3. The van der Waals surface area contributed by atoms with Crippen molar-refractivity contribution in [2.24, 2.45) is 0 Å². The molecule has 0 bridgehead atoms. The molecule has 18 heavy (non-hydrogen) atoms. The van der Waals surface area contributed by atoms with E-state index in [0.717, 1.165) is 17.9 Å². The smallest absolute Gasteiger partial charge is 0.136 e. The highest BCUT2D eigenvalue weighted by Crippen LogP contribution is 2.37. The third-order valence-corrected chi connectivity index (χ3v) is 4.22. The quantitative estimate of drug-likeness (QED) is 0.871. The van der Waals surface area contributed by atoms with Crippen LogP contribution in [-0.4, -0.2) is 48.1 Å². The van der Waals surface area contributed by atoms with Crippen LogP contribution in [0.1, 0.15) is 24.8 Å². The molecule has 1 aromatic rings. The lowest BCUT2D eigenvalue weighted by molar-refractivity contribution is 0.0681. The molecule has 1 heterocycles. The van der Waals surface area contributed by atoms with Gasteiger partial charge in [0.25, 0.3) is 0 Å². The summed E-state index contributed by atoms with van der Waals surface area (Å²) >= 11 is 0. The van der Waals surface area contributed by atoms with Gasteiger partial charge in [-0.05, 0) is 40.3 Å². The highest BCUT2D eigenvalue weighted by molar-refractivity contribution is 5.55. The number of likely N-dealkylation sites (N-methyl/N-ethyl adjacent to an activating group) is 2. The van der Waals surface area contributed by atoms with Gasteiger partial charge in [0.05, 0.1) is 0 Å². The zero-order valence-electron chi connectivity index (χ0n) is 11.8. The van der Waals surface area contributed by atoms with Crippen molar-refractivity contribution in [3.05, 3.63) is 11.9 Å². The number of rotatable bonds is 4. The van der Waals surface area contributed by atoms with Crippen molar-refractivity contribution in [1.82, 2.24) is 14.9 Å². The van der Waals surface area contributed by atoms with Gasteiger partial charge in [0.1, 0.15) is 18.0 Å². The van der Waals surface area contributed by atoms with Gasteiger partial charge in [0.15, 0.2) is 0 Å². The van der Waals surface area contributed by atoms with Crippen molar-refractivity contribution in [3.8, 4) is 0 Å². The fraction of sp³-hybridized carbons (Fsp3) is 0.692. The highest BCUT2D eigenvalue weighted by atomic mass is 15.3. The van der Waals surface area contributed by atoms with E-state index >= 15 is 0 Å². The Labute approximate surface area is 109 Å². The fourth-order valence-corrected chi connectivity index (χ4v) is 2.69. The van der Waals surface area contributed by atoms with Gasteiger partial charge >= 0.3 is 0 Å². The lowest BCUT2D eigenvalue weighted by atomic mass is 9.75. The molecule has 0 unspecified atom stereocenters. The molecule has 0 aliphatic heterocycles. The third kappa shape index (κ3) is 2.14. The second kappa shape index (κ2) is 4.72. The van der Waals surface area contributed by atoms with Gasteiger partial charge in [-0.15, -0.1) is 0 Å². The Bertz CT molecular complexity index is 425. The van der Waals surface area contributed by atoms with Gasteiger partial charge in [-0.1, -0.05) is 0 Å². The summed E-state index contributed by atoms with van der Waals surface area (Å²) in [5.41, 5.74) is 7.10. The first-order chi connectivity index (χ1) is 8.46. The summed E-state index contributed by atoms with van der Waals surface area (Å²) in [4.78, 5) is 12.9. The lowest BCUT2D eigenvalue weighted by Gasteiger charge is -2.49. The van der Waals surface area contributed by atoms with Gasteiger partial charge in [-0.2, -0.15) is 0 Å². The summed E-state index contributed by atoms with van der Waals surface area (Å²) in [7, 11) is 6.40. The number of anilines is 2. The molecule has 1 aliphatic carbocycles. The van der Waals surface area contributed by atoms with Crippen LogP contribution in [0.4, 0.5) is 11.6 Å². The Hall–Kier alpha value is -1.36. The highest BCUT2D eigenvalue weighted by Gasteiger charge is 2.40. The van der Waals surface area contributed by atoms with E-state index in [1.807, 2.05) is 6.92 Å². The topological polar surface area (TPSA) is 58.3 Å². The Balaban J connectivity index is 2.17. The molecule has 100 valence electrons. The van der Waals surface area contributed by atoms with Crippen LogP contribution in [0, 0.1) is 6.92 Å². The van der Waals surface area contributed by atoms with Crippen LogP contribution < -0.4 is 10.6 Å². The van der Waals surface area contributed by atoms with Gasteiger partial charge < -0.3 is 15.5 Å². The molecule has 5 heteroatoms. The third-order valence-electron chi connectivity index (χ3n) is 4.22. The molecule has 0 atom stereocenters. The summed E-state index contributed by atoms with van der Waals surface area (Å²) < 4.78 is 0. The molecular weight excluding hydrogens is 226 g/mol. The lowest BCUT2D eigenvalue weighted by Crippen LogP contribution is -2.57. The van der Waals surface area contributed by atoms with Crippen molar-refractivity contribution >= 4 is 11.6 Å². The Morgan fingerprint density at radius 1 is 1.28 bits per heavy atom. The fourth-order valence-electron chi connectivity index (χ4n) is 2.69. The van der Waals surface area contributed by atoms with E-state index in [2.05, 4.69) is 40.9 Å². The van der Waals surface area contributed by atoms with Crippen LogP contribution in [0.5, 0.6) is 0 Å². The van der Waals surface area contributed by atoms with Crippen LogP contribution in [0.2, 0.25) is 0 Å². The summed E-state index contributed by atoms with van der Waals surface area (Å²) in [5.74, 6) is 1.51. The largest absolute Gasteiger partial charge is 0.383 e. The minimum atomic E-state index is 0.293. The minimum absolute atomic E-state index is 0.293. The van der Waals surface area contributed by atoms with Crippen LogP contribution >= 0.6 is 0 Å². The first-order valence-electron chi connectivity index (χ1n) is 6.42. The zero-order valence-corrected chi connectivity index (χ0v) is 11.8. The van der Waals surface area contributed by atoms with E-state index in [4.69, 9.17) is 5.73 Å². The molecule has 2 N–H and O–H groups in total. The van der Waals surface area contributed by atoms with Crippen molar-refractivity contribution < 1.29 is 0 Å². The SMILES string of the molecule is Cc1c(N)ncnc1N(C)CC1(N(C)C)CCC1. The second-order valence-corrected chi connectivity index (χ2v) is 5.54. The monoisotopic (exact) mass is 249 g/mol. The minimum Gasteiger partial charge on any atom is -0.383 e. The van der Waals surface area contributed by atoms with Gasteiger partial charge in [0, 0.05) is 24.7 Å². The molecule has 0 amide bonds. The molecule has 1 saturated carbocycles. The molecule has 0 spiro atoms. The average Bonchev–Trinajstić information content (AvgIpc) is 2.26. The molecule has 2 rings (SSSR count). The van der Waals surface area contributed by atoms with Crippen molar-refractivity contribution in [3.63, 3.8) is 0 Å². The van der Waals surface area contributed by atoms with Crippen molar-refractivity contribution in [2.75, 3.05) is 38.3 Å². The summed E-state index contributed by atoms with van der Waals surface area (Å²) in [6, 6.07) is 0.